The fourth-order valence-electron chi connectivity index (χ4n) is 2.41. The van der Waals surface area contributed by atoms with Crippen molar-refractivity contribution in [3.05, 3.63) is 37.9 Å². The van der Waals surface area contributed by atoms with E-state index in [0.717, 1.165) is 37.0 Å². The molecule has 0 amide bonds. The van der Waals surface area contributed by atoms with Crippen molar-refractivity contribution in [2.75, 3.05) is 6.54 Å². The number of hydrogen-bond acceptors (Lipinski definition) is 3. The van der Waals surface area contributed by atoms with Gasteiger partial charge in [-0.3, -0.25) is 12.0 Å². The van der Waals surface area contributed by atoms with Crippen LogP contribution in [0.1, 0.15) is 17.7 Å². The maximum Gasteiger partial charge on any atom is 0.113 e. The molecule has 0 aromatic carbocycles. The van der Waals surface area contributed by atoms with Crippen molar-refractivity contribution in [2.45, 2.75) is 19.4 Å². The molecule has 0 fully saturated rings. The lowest BCUT2D eigenvalue weighted by atomic mass is 10.1. The average molecular weight is 214 g/mol. The van der Waals surface area contributed by atoms with Crippen LogP contribution in [0.15, 0.2) is 12.5 Å². The molecule has 4 nitrogen and oxygen atoms in total. The summed E-state index contributed by atoms with van der Waals surface area (Å²) in [4.78, 5) is 10.5. The van der Waals surface area contributed by atoms with Gasteiger partial charge < -0.3 is 9.47 Å². The summed E-state index contributed by atoms with van der Waals surface area (Å²) in [5, 5.41) is 0. The molecular formula is C12H14N4-2. The van der Waals surface area contributed by atoms with Gasteiger partial charge in [0.05, 0.1) is 0 Å². The van der Waals surface area contributed by atoms with Gasteiger partial charge in [-0.2, -0.15) is 0 Å². The van der Waals surface area contributed by atoms with Gasteiger partial charge in [0.25, 0.3) is 0 Å². The highest BCUT2D eigenvalue weighted by molar-refractivity contribution is 5.81. The Morgan fingerprint density at radius 3 is 3.06 bits per heavy atom. The molecule has 84 valence electrons. The van der Waals surface area contributed by atoms with Gasteiger partial charge in [-0.1, -0.05) is 11.3 Å². The van der Waals surface area contributed by atoms with Crippen LogP contribution in [0.25, 0.3) is 11.0 Å². The molecule has 0 saturated carbocycles. The monoisotopic (exact) mass is 214 g/mol. The largest absolute Gasteiger partial charge is 0.481 e. The molecule has 0 radical (unpaired) electrons. The fourth-order valence-corrected chi connectivity index (χ4v) is 2.41. The van der Waals surface area contributed by atoms with E-state index in [4.69, 9.17) is 0 Å². The fraction of sp³-hybridized carbons (Fsp3) is 0.333. The van der Waals surface area contributed by atoms with Crippen molar-refractivity contribution in [2.24, 2.45) is 0 Å². The summed E-state index contributed by atoms with van der Waals surface area (Å²) in [6.45, 7) is 1.87. The van der Waals surface area contributed by atoms with Gasteiger partial charge in [-0.15, -0.1) is 7.05 Å². The molecule has 0 unspecified atom stereocenters. The standard InChI is InChI=1S/C12H14N4/c1-15-5-3-4-9-11(7-15)16(2)10-6-13-8-14-12(9)10/h6,8H,1-5,7H2/q-2. The number of aryl methyl sites for hydroxylation is 1. The minimum Gasteiger partial charge on any atom is -0.481 e. The van der Waals surface area contributed by atoms with Crippen molar-refractivity contribution in [1.29, 1.82) is 0 Å². The molecule has 3 rings (SSSR count). The molecule has 0 spiro atoms. The van der Waals surface area contributed by atoms with E-state index in [0.29, 0.717) is 0 Å². The van der Waals surface area contributed by atoms with Crippen LogP contribution < -0.4 is 0 Å². The predicted octanol–water partition coefficient (Wildman–Crippen LogP) is 1.61. The quantitative estimate of drug-likeness (QED) is 0.625. The van der Waals surface area contributed by atoms with E-state index in [2.05, 4.69) is 29.0 Å². The second-order valence-corrected chi connectivity index (χ2v) is 4.27. The summed E-state index contributed by atoms with van der Waals surface area (Å²) in [7, 11) is 8.10. The Labute approximate surface area is 94.9 Å². The maximum atomic E-state index is 4.37. The van der Waals surface area contributed by atoms with Gasteiger partial charge in [0.1, 0.15) is 6.33 Å². The second kappa shape index (κ2) is 3.49. The lowest BCUT2D eigenvalue weighted by Gasteiger charge is -2.26. The zero-order valence-electron chi connectivity index (χ0n) is 9.19. The van der Waals surface area contributed by atoms with Gasteiger partial charge in [0.2, 0.25) is 0 Å². The molecule has 2 aromatic heterocycles. The molecule has 0 aliphatic carbocycles. The van der Waals surface area contributed by atoms with E-state index >= 15 is 0 Å². The molecule has 0 saturated heterocycles. The Morgan fingerprint density at radius 2 is 2.19 bits per heavy atom. The molecule has 4 heteroatoms. The van der Waals surface area contributed by atoms with Crippen molar-refractivity contribution in [1.82, 2.24) is 19.4 Å². The Kier molecular flexibility index (Phi) is 2.11. The van der Waals surface area contributed by atoms with Crippen molar-refractivity contribution < 1.29 is 0 Å². The van der Waals surface area contributed by atoms with Crippen LogP contribution in [0.4, 0.5) is 0 Å². The number of rotatable bonds is 0. The molecule has 2 aromatic rings. The third-order valence-electron chi connectivity index (χ3n) is 3.22. The van der Waals surface area contributed by atoms with Crippen molar-refractivity contribution >= 4 is 11.0 Å². The second-order valence-electron chi connectivity index (χ2n) is 4.27. The summed E-state index contributed by atoms with van der Waals surface area (Å²) < 4.78 is 1.95. The average Bonchev–Trinajstić information content (AvgIpc) is 2.47. The summed E-state index contributed by atoms with van der Waals surface area (Å²) in [5.41, 5.74) is 4.61. The molecule has 0 atom stereocenters. The summed E-state index contributed by atoms with van der Waals surface area (Å²) in [6.07, 6.45) is 5.61. The van der Waals surface area contributed by atoms with Crippen LogP contribution in [0, 0.1) is 14.1 Å². The van der Waals surface area contributed by atoms with Gasteiger partial charge in [-0.25, -0.2) is 4.98 Å². The minimum absolute atomic E-state index is 0.842. The highest BCUT2D eigenvalue weighted by Gasteiger charge is 2.11. The smallest absolute Gasteiger partial charge is 0.113 e. The van der Waals surface area contributed by atoms with Gasteiger partial charge in [0.15, 0.2) is 0 Å². The van der Waals surface area contributed by atoms with E-state index in [1.807, 2.05) is 10.8 Å². The highest BCUT2D eigenvalue weighted by atomic mass is 15.1. The lowest BCUT2D eigenvalue weighted by Crippen LogP contribution is -2.16. The normalized spacial score (nSPS) is 17.3. The zero-order chi connectivity index (χ0) is 11.1. The number of nitrogens with zero attached hydrogens (tertiary/aromatic N) is 4. The number of fused-ring (bicyclic) bond motifs is 3. The molecule has 1 aliphatic rings. The van der Waals surface area contributed by atoms with Gasteiger partial charge >= 0.3 is 0 Å². The van der Waals surface area contributed by atoms with E-state index in [9.17, 15) is 0 Å². The van der Waals surface area contributed by atoms with Crippen LogP contribution in [0.5, 0.6) is 0 Å². The SMILES string of the molecule is [CH2-]N1CCCc2c(n([CH2-])c3cncnc23)C1. The van der Waals surface area contributed by atoms with Crippen LogP contribution in [0.3, 0.4) is 0 Å². The third kappa shape index (κ3) is 1.30. The summed E-state index contributed by atoms with van der Waals surface area (Å²) >= 11 is 0. The van der Waals surface area contributed by atoms with E-state index in [-0.39, 0.29) is 0 Å². The molecule has 3 heterocycles. The number of aromatic nitrogens is 3. The zero-order valence-corrected chi connectivity index (χ0v) is 9.19. The third-order valence-corrected chi connectivity index (χ3v) is 3.22. The van der Waals surface area contributed by atoms with Crippen LogP contribution in [-0.2, 0) is 13.0 Å². The lowest BCUT2D eigenvalue weighted by molar-refractivity contribution is 0.363. The van der Waals surface area contributed by atoms with E-state index < -0.39 is 0 Å². The van der Waals surface area contributed by atoms with Crippen molar-refractivity contribution in [3.63, 3.8) is 0 Å². The van der Waals surface area contributed by atoms with Gasteiger partial charge in [0, 0.05) is 5.52 Å². The molecule has 0 bridgehead atoms. The Hall–Kier alpha value is -1.55. The first-order chi connectivity index (χ1) is 7.77. The minimum atomic E-state index is 0.842. The molecule has 16 heavy (non-hydrogen) atoms. The highest BCUT2D eigenvalue weighted by Crippen LogP contribution is 2.27. The molecule has 0 N–H and O–H groups in total. The molecular weight excluding hydrogens is 200 g/mol. The van der Waals surface area contributed by atoms with Crippen LogP contribution in [-0.4, -0.2) is 26.0 Å². The Bertz CT molecular complexity index is 529. The first-order valence-corrected chi connectivity index (χ1v) is 5.46. The molecule has 1 aliphatic heterocycles. The predicted molar refractivity (Wildman–Crippen MR) is 62.4 cm³/mol. The van der Waals surface area contributed by atoms with Crippen LogP contribution in [0.2, 0.25) is 0 Å². The van der Waals surface area contributed by atoms with E-state index in [1.54, 1.807) is 6.33 Å². The summed E-state index contributed by atoms with van der Waals surface area (Å²) in [6, 6.07) is 0. The Balaban J connectivity index is 2.27. The summed E-state index contributed by atoms with van der Waals surface area (Å²) in [5.74, 6) is 0. The maximum absolute atomic E-state index is 4.37. The van der Waals surface area contributed by atoms with E-state index in [1.165, 1.54) is 11.3 Å². The topological polar surface area (TPSA) is 34.0 Å². The Morgan fingerprint density at radius 1 is 1.31 bits per heavy atom. The number of hydrogen-bond donors (Lipinski definition) is 0. The van der Waals surface area contributed by atoms with Gasteiger partial charge in [-0.05, 0) is 37.6 Å². The van der Waals surface area contributed by atoms with Crippen LogP contribution >= 0.6 is 0 Å². The first kappa shape index (κ1) is 9.66. The van der Waals surface area contributed by atoms with Crippen molar-refractivity contribution in [3.8, 4) is 0 Å². The first-order valence-electron chi connectivity index (χ1n) is 5.46.